The molecule has 4 bridgehead atoms. The maximum absolute atomic E-state index is 13.1. The van der Waals surface area contributed by atoms with E-state index in [1.165, 1.54) is 49.2 Å². The average Bonchev–Trinajstić information content (AvgIpc) is 2.78. The molecule has 1 aromatic heterocycles. The lowest BCUT2D eigenvalue weighted by molar-refractivity contribution is -0.124. The third-order valence-corrected chi connectivity index (χ3v) is 10.3. The summed E-state index contributed by atoms with van der Waals surface area (Å²) in [5.41, 5.74) is 2.50. The Balaban J connectivity index is 1.14. The lowest BCUT2D eigenvalue weighted by Gasteiger charge is -2.56. The normalized spacial score (nSPS) is 30.2. The molecule has 0 atom stereocenters. The van der Waals surface area contributed by atoms with E-state index in [-0.39, 0.29) is 23.6 Å². The Hall–Kier alpha value is -2.32. The van der Waals surface area contributed by atoms with Crippen LogP contribution in [0.5, 0.6) is 0 Å². The van der Waals surface area contributed by atoms with Crippen LogP contribution >= 0.6 is 0 Å². The van der Waals surface area contributed by atoms with Crippen molar-refractivity contribution in [2.45, 2.75) is 63.7 Å². The monoisotopic (exact) mass is 480 g/mol. The van der Waals surface area contributed by atoms with Gasteiger partial charge in [-0.2, -0.15) is 4.31 Å². The van der Waals surface area contributed by atoms with Crippen LogP contribution in [0.2, 0.25) is 0 Å². The van der Waals surface area contributed by atoms with Crippen molar-refractivity contribution in [1.29, 1.82) is 0 Å². The number of nitrogens with zero attached hydrogens (tertiary/aromatic N) is 3. The molecule has 4 saturated carbocycles. The number of sulfonamides is 1. The highest BCUT2D eigenvalue weighted by molar-refractivity contribution is 7.88. The van der Waals surface area contributed by atoms with Gasteiger partial charge in [0, 0.05) is 18.5 Å². The zero-order chi connectivity index (χ0) is 23.3. The molecule has 0 spiro atoms. The summed E-state index contributed by atoms with van der Waals surface area (Å²) in [7, 11) is -3.46. The van der Waals surface area contributed by atoms with Crippen molar-refractivity contribution >= 4 is 21.7 Å². The van der Waals surface area contributed by atoms with E-state index in [1.54, 1.807) is 0 Å². The molecule has 4 aliphatic carbocycles. The highest BCUT2D eigenvalue weighted by Gasteiger charge is 2.51. The van der Waals surface area contributed by atoms with Crippen molar-refractivity contribution in [3.63, 3.8) is 0 Å². The van der Waals surface area contributed by atoms with Crippen LogP contribution < -0.4 is 5.32 Å². The molecule has 7 nitrogen and oxygen atoms in total. The SMILES string of the molecule is O=C(CC12CC3CC(CC(C3)C1)C2)Nc1ncnc2c1CCN(S(=O)(=O)Cc1ccccc1)C2. The van der Waals surface area contributed by atoms with Crippen molar-refractivity contribution in [1.82, 2.24) is 14.3 Å². The van der Waals surface area contributed by atoms with Gasteiger partial charge in [-0.1, -0.05) is 30.3 Å². The van der Waals surface area contributed by atoms with Crippen LogP contribution in [0.1, 0.15) is 61.8 Å². The first-order valence-electron chi connectivity index (χ1n) is 12.5. The van der Waals surface area contributed by atoms with E-state index in [2.05, 4.69) is 15.3 Å². The molecule has 0 saturated heterocycles. The Bertz CT molecular complexity index is 1160. The molecule has 5 aliphatic rings. The number of aromatic nitrogens is 2. The Labute approximate surface area is 201 Å². The number of amides is 1. The van der Waals surface area contributed by atoms with Crippen LogP contribution in [0.25, 0.3) is 0 Å². The van der Waals surface area contributed by atoms with E-state index >= 15 is 0 Å². The summed E-state index contributed by atoms with van der Waals surface area (Å²) in [6, 6.07) is 9.23. The summed E-state index contributed by atoms with van der Waals surface area (Å²) in [5, 5.41) is 3.08. The van der Waals surface area contributed by atoms with Crippen LogP contribution in [-0.4, -0.2) is 35.1 Å². The number of hydrogen-bond donors (Lipinski definition) is 1. The van der Waals surface area contributed by atoms with E-state index in [4.69, 9.17) is 0 Å². The summed E-state index contributed by atoms with van der Waals surface area (Å²) in [4.78, 5) is 21.9. The minimum Gasteiger partial charge on any atom is -0.310 e. The van der Waals surface area contributed by atoms with Crippen LogP contribution in [0, 0.1) is 23.2 Å². The molecule has 1 amide bonds. The fourth-order valence-corrected chi connectivity index (χ4v) is 9.06. The predicted octanol–water partition coefficient (Wildman–Crippen LogP) is 3.91. The molecule has 0 radical (unpaired) electrons. The zero-order valence-corrected chi connectivity index (χ0v) is 20.3. The highest BCUT2D eigenvalue weighted by atomic mass is 32.2. The number of fused-ring (bicyclic) bond motifs is 1. The number of rotatable bonds is 6. The first kappa shape index (κ1) is 22.2. The molecule has 0 unspecified atom stereocenters. The van der Waals surface area contributed by atoms with E-state index < -0.39 is 10.0 Å². The summed E-state index contributed by atoms with van der Waals surface area (Å²) in [6.45, 7) is 0.582. The van der Waals surface area contributed by atoms with Gasteiger partial charge in [0.05, 0.1) is 18.0 Å². The van der Waals surface area contributed by atoms with E-state index in [9.17, 15) is 13.2 Å². The molecular formula is C26H32N4O3S. The number of carbonyl (C=O) groups excluding carboxylic acids is 1. The van der Waals surface area contributed by atoms with Crippen LogP contribution in [0.15, 0.2) is 36.7 Å². The molecular weight excluding hydrogens is 448 g/mol. The van der Waals surface area contributed by atoms with Gasteiger partial charge in [-0.15, -0.1) is 0 Å². The van der Waals surface area contributed by atoms with Crippen molar-refractivity contribution in [2.24, 2.45) is 23.2 Å². The number of nitrogens with one attached hydrogen (secondary N) is 1. The third-order valence-electron chi connectivity index (χ3n) is 8.52. The fourth-order valence-electron chi connectivity index (χ4n) is 7.58. The van der Waals surface area contributed by atoms with Gasteiger partial charge >= 0.3 is 0 Å². The summed E-state index contributed by atoms with van der Waals surface area (Å²) in [5.74, 6) is 3.02. The molecule has 1 aromatic carbocycles. The molecule has 180 valence electrons. The lowest BCUT2D eigenvalue weighted by Crippen LogP contribution is -2.47. The van der Waals surface area contributed by atoms with E-state index in [0.717, 1.165) is 28.9 Å². The molecule has 1 N–H and O–H groups in total. The maximum Gasteiger partial charge on any atom is 0.226 e. The second kappa shape index (κ2) is 8.41. The Morgan fingerprint density at radius 1 is 1.03 bits per heavy atom. The molecule has 7 rings (SSSR count). The number of carbonyl (C=O) groups is 1. The van der Waals surface area contributed by atoms with E-state index in [1.807, 2.05) is 30.3 Å². The minimum absolute atomic E-state index is 0.0249. The summed E-state index contributed by atoms with van der Waals surface area (Å²) >= 11 is 0. The van der Waals surface area contributed by atoms with Crippen LogP contribution in [-0.2, 0) is 33.5 Å². The molecule has 2 heterocycles. The van der Waals surface area contributed by atoms with Gasteiger partial charge in [-0.25, -0.2) is 18.4 Å². The second-order valence-corrected chi connectivity index (χ2v) is 13.1. The maximum atomic E-state index is 13.1. The fraction of sp³-hybridized carbons (Fsp3) is 0.577. The smallest absolute Gasteiger partial charge is 0.226 e. The Kier molecular flexibility index (Phi) is 5.48. The Morgan fingerprint density at radius 2 is 1.71 bits per heavy atom. The molecule has 2 aromatic rings. The summed E-state index contributed by atoms with van der Waals surface area (Å²) in [6.07, 6.45) is 10.2. The molecule has 4 fully saturated rings. The standard InChI is InChI=1S/C26H32N4O3S/c31-24(14-26-11-19-8-20(12-26)10-21(9-19)13-26)29-25-22-6-7-30(15-23(22)27-17-28-25)34(32,33)16-18-4-2-1-3-5-18/h1-5,17,19-21H,6-16H2,(H,27,28,29,31). The minimum atomic E-state index is -3.46. The molecule has 8 heteroatoms. The van der Waals surface area contributed by atoms with Gasteiger partial charge in [-0.3, -0.25) is 4.79 Å². The van der Waals surface area contributed by atoms with Gasteiger partial charge in [-0.05, 0) is 73.7 Å². The number of anilines is 1. The van der Waals surface area contributed by atoms with Crippen LogP contribution in [0.3, 0.4) is 0 Å². The largest absolute Gasteiger partial charge is 0.310 e. The van der Waals surface area contributed by atoms with Gasteiger partial charge in [0.15, 0.2) is 0 Å². The zero-order valence-electron chi connectivity index (χ0n) is 19.4. The first-order valence-corrected chi connectivity index (χ1v) is 14.1. The summed E-state index contributed by atoms with van der Waals surface area (Å²) < 4.78 is 27.5. The average molecular weight is 481 g/mol. The highest BCUT2D eigenvalue weighted by Crippen LogP contribution is 2.61. The predicted molar refractivity (Wildman–Crippen MR) is 129 cm³/mol. The second-order valence-electron chi connectivity index (χ2n) is 11.1. The van der Waals surface area contributed by atoms with Crippen molar-refractivity contribution in [2.75, 3.05) is 11.9 Å². The third kappa shape index (κ3) is 4.26. The van der Waals surface area contributed by atoms with Crippen molar-refractivity contribution < 1.29 is 13.2 Å². The quantitative estimate of drug-likeness (QED) is 0.677. The van der Waals surface area contributed by atoms with Crippen LogP contribution in [0.4, 0.5) is 5.82 Å². The molecule has 1 aliphatic heterocycles. The number of hydrogen-bond acceptors (Lipinski definition) is 5. The molecule has 34 heavy (non-hydrogen) atoms. The Morgan fingerprint density at radius 3 is 2.38 bits per heavy atom. The van der Waals surface area contributed by atoms with Gasteiger partial charge in [0.25, 0.3) is 0 Å². The van der Waals surface area contributed by atoms with Crippen molar-refractivity contribution in [3.8, 4) is 0 Å². The van der Waals surface area contributed by atoms with Gasteiger partial charge < -0.3 is 5.32 Å². The number of benzene rings is 1. The topological polar surface area (TPSA) is 92.3 Å². The van der Waals surface area contributed by atoms with Gasteiger partial charge in [0.2, 0.25) is 15.9 Å². The lowest BCUT2D eigenvalue weighted by atomic mass is 9.49. The van der Waals surface area contributed by atoms with Crippen molar-refractivity contribution in [3.05, 3.63) is 53.5 Å². The van der Waals surface area contributed by atoms with Gasteiger partial charge in [0.1, 0.15) is 12.1 Å². The first-order chi connectivity index (χ1) is 16.4. The van der Waals surface area contributed by atoms with E-state index in [0.29, 0.717) is 30.9 Å².